The molecule has 0 N–H and O–H groups in total. The summed E-state index contributed by atoms with van der Waals surface area (Å²) in [5.41, 5.74) is 2.32. The highest BCUT2D eigenvalue weighted by molar-refractivity contribution is 5.77. The fourth-order valence-electron chi connectivity index (χ4n) is 2.74. The van der Waals surface area contributed by atoms with Crippen LogP contribution in [0.5, 0.6) is 5.75 Å². The summed E-state index contributed by atoms with van der Waals surface area (Å²) < 4.78 is 13.1. The van der Waals surface area contributed by atoms with Crippen LogP contribution in [0.1, 0.15) is 6.42 Å². The quantitative estimate of drug-likeness (QED) is 0.416. The van der Waals surface area contributed by atoms with Crippen LogP contribution in [0.3, 0.4) is 0 Å². The Morgan fingerprint density at radius 1 is 1.08 bits per heavy atom. The summed E-state index contributed by atoms with van der Waals surface area (Å²) in [6, 6.07) is 16.8. The van der Waals surface area contributed by atoms with Crippen molar-refractivity contribution in [2.75, 3.05) is 6.61 Å². The van der Waals surface area contributed by atoms with Crippen molar-refractivity contribution in [3.05, 3.63) is 71.3 Å². The van der Waals surface area contributed by atoms with Crippen molar-refractivity contribution in [2.24, 2.45) is 0 Å². The molecule has 0 radical (unpaired) electrons. The van der Waals surface area contributed by atoms with Gasteiger partial charge in [0.2, 0.25) is 0 Å². The molecule has 2 heterocycles. The maximum atomic E-state index is 11.3. The van der Waals surface area contributed by atoms with E-state index in [1.165, 1.54) is 6.07 Å². The van der Waals surface area contributed by atoms with Gasteiger partial charge in [-0.1, -0.05) is 12.1 Å². The van der Waals surface area contributed by atoms with E-state index in [0.717, 1.165) is 29.4 Å². The zero-order valence-corrected chi connectivity index (χ0v) is 13.0. The molecule has 4 aromatic rings. The van der Waals surface area contributed by atoms with Crippen LogP contribution in [0.25, 0.3) is 22.0 Å². The van der Waals surface area contributed by atoms with Gasteiger partial charge in [-0.15, -0.1) is 0 Å². The predicted octanol–water partition coefficient (Wildman–Crippen LogP) is 3.61. The molecule has 0 aliphatic carbocycles. The minimum Gasteiger partial charge on any atom is -0.493 e. The fraction of sp³-hybridized carbons (Fsp3) is 0.158. The molecular formula is C19H16N2O3. The standard InChI is InChI=1S/C19H16N2O3/c22-19-9-7-14-6-8-15(12-18(14)24-19)23-11-3-10-21-13-20-16-4-1-2-5-17(16)21/h1-2,4-9,12-13H,3,10-11H2. The average Bonchev–Trinajstić information content (AvgIpc) is 3.01. The molecule has 0 spiro atoms. The van der Waals surface area contributed by atoms with E-state index in [2.05, 4.69) is 15.6 Å². The van der Waals surface area contributed by atoms with Crippen LogP contribution in [0.2, 0.25) is 0 Å². The van der Waals surface area contributed by atoms with Gasteiger partial charge in [-0.3, -0.25) is 0 Å². The number of hydrogen-bond donors (Lipinski definition) is 0. The van der Waals surface area contributed by atoms with Gasteiger partial charge in [-0.2, -0.15) is 0 Å². The SMILES string of the molecule is O=c1ccc2ccc(OCCCn3cnc4ccccc43)cc2o1. The number of imidazole rings is 1. The fourth-order valence-corrected chi connectivity index (χ4v) is 2.74. The maximum Gasteiger partial charge on any atom is 0.336 e. The van der Waals surface area contributed by atoms with E-state index in [9.17, 15) is 4.79 Å². The lowest BCUT2D eigenvalue weighted by Gasteiger charge is -2.08. The van der Waals surface area contributed by atoms with Crippen molar-refractivity contribution in [1.82, 2.24) is 9.55 Å². The summed E-state index contributed by atoms with van der Waals surface area (Å²) in [7, 11) is 0. The van der Waals surface area contributed by atoms with Crippen molar-refractivity contribution >= 4 is 22.0 Å². The van der Waals surface area contributed by atoms with Crippen LogP contribution < -0.4 is 10.4 Å². The summed E-state index contributed by atoms with van der Waals surface area (Å²) >= 11 is 0. The molecule has 0 aliphatic rings. The van der Waals surface area contributed by atoms with Crippen molar-refractivity contribution in [3.63, 3.8) is 0 Å². The van der Waals surface area contributed by atoms with Gasteiger partial charge in [0, 0.05) is 24.1 Å². The third-order valence-electron chi connectivity index (χ3n) is 3.93. The van der Waals surface area contributed by atoms with E-state index in [-0.39, 0.29) is 5.63 Å². The van der Waals surface area contributed by atoms with Gasteiger partial charge in [0.25, 0.3) is 0 Å². The lowest BCUT2D eigenvalue weighted by Crippen LogP contribution is -2.04. The Balaban J connectivity index is 1.39. The first-order chi connectivity index (χ1) is 11.8. The monoisotopic (exact) mass is 320 g/mol. The van der Waals surface area contributed by atoms with Crippen LogP contribution in [0.15, 0.2) is 70.1 Å². The van der Waals surface area contributed by atoms with Crippen LogP contribution in [0.4, 0.5) is 0 Å². The average molecular weight is 320 g/mol. The van der Waals surface area contributed by atoms with E-state index < -0.39 is 0 Å². The van der Waals surface area contributed by atoms with E-state index in [0.29, 0.717) is 17.9 Å². The van der Waals surface area contributed by atoms with Crippen molar-refractivity contribution in [2.45, 2.75) is 13.0 Å². The summed E-state index contributed by atoms with van der Waals surface area (Å²) in [6.45, 7) is 1.41. The molecule has 4 rings (SSSR count). The number of benzene rings is 2. The summed E-state index contributed by atoms with van der Waals surface area (Å²) in [6.07, 6.45) is 2.71. The number of nitrogens with zero attached hydrogens (tertiary/aromatic N) is 2. The Bertz CT molecular complexity index is 1050. The highest BCUT2D eigenvalue weighted by atomic mass is 16.5. The minimum atomic E-state index is -0.355. The Morgan fingerprint density at radius 2 is 1.96 bits per heavy atom. The molecule has 0 unspecified atom stereocenters. The van der Waals surface area contributed by atoms with E-state index in [4.69, 9.17) is 9.15 Å². The summed E-state index contributed by atoms with van der Waals surface area (Å²) in [5, 5.41) is 0.881. The zero-order valence-electron chi connectivity index (χ0n) is 13.0. The molecule has 5 heteroatoms. The molecule has 120 valence electrons. The Morgan fingerprint density at radius 3 is 2.92 bits per heavy atom. The second-order valence-corrected chi connectivity index (χ2v) is 5.58. The lowest BCUT2D eigenvalue weighted by molar-refractivity contribution is 0.302. The van der Waals surface area contributed by atoms with Crippen molar-refractivity contribution < 1.29 is 9.15 Å². The van der Waals surface area contributed by atoms with Gasteiger partial charge in [0.1, 0.15) is 11.3 Å². The topological polar surface area (TPSA) is 57.3 Å². The van der Waals surface area contributed by atoms with E-state index in [1.807, 2.05) is 36.7 Å². The number of para-hydroxylation sites is 2. The van der Waals surface area contributed by atoms with E-state index >= 15 is 0 Å². The highest BCUT2D eigenvalue weighted by Gasteiger charge is 2.03. The van der Waals surface area contributed by atoms with Gasteiger partial charge in [-0.05, 0) is 36.8 Å². The van der Waals surface area contributed by atoms with Crippen LogP contribution in [0, 0.1) is 0 Å². The predicted molar refractivity (Wildman–Crippen MR) is 92.3 cm³/mol. The summed E-state index contributed by atoms with van der Waals surface area (Å²) in [5.74, 6) is 0.701. The van der Waals surface area contributed by atoms with Crippen LogP contribution in [-0.2, 0) is 6.54 Å². The molecule has 2 aromatic heterocycles. The van der Waals surface area contributed by atoms with Crippen molar-refractivity contribution in [3.8, 4) is 5.75 Å². The third-order valence-corrected chi connectivity index (χ3v) is 3.93. The zero-order chi connectivity index (χ0) is 16.4. The number of hydrogen-bond acceptors (Lipinski definition) is 4. The molecule has 0 atom stereocenters. The molecule has 0 bridgehead atoms. The molecule has 5 nitrogen and oxygen atoms in total. The minimum absolute atomic E-state index is 0.355. The Hall–Kier alpha value is -3.08. The first-order valence-corrected chi connectivity index (χ1v) is 7.86. The number of rotatable bonds is 5. The highest BCUT2D eigenvalue weighted by Crippen LogP contribution is 2.19. The smallest absolute Gasteiger partial charge is 0.336 e. The first-order valence-electron chi connectivity index (χ1n) is 7.86. The van der Waals surface area contributed by atoms with Crippen molar-refractivity contribution in [1.29, 1.82) is 0 Å². The van der Waals surface area contributed by atoms with Gasteiger partial charge < -0.3 is 13.7 Å². The van der Waals surface area contributed by atoms with E-state index in [1.54, 1.807) is 12.1 Å². The molecule has 0 fully saturated rings. The molecule has 24 heavy (non-hydrogen) atoms. The molecule has 0 saturated heterocycles. The van der Waals surface area contributed by atoms with Crippen LogP contribution >= 0.6 is 0 Å². The lowest BCUT2D eigenvalue weighted by atomic mass is 10.2. The molecule has 0 aliphatic heterocycles. The number of ether oxygens (including phenoxy) is 1. The number of fused-ring (bicyclic) bond motifs is 2. The van der Waals surface area contributed by atoms with Gasteiger partial charge >= 0.3 is 5.63 Å². The molecule has 0 amide bonds. The summed E-state index contributed by atoms with van der Waals surface area (Å²) in [4.78, 5) is 15.7. The first kappa shape index (κ1) is 14.5. The maximum absolute atomic E-state index is 11.3. The second-order valence-electron chi connectivity index (χ2n) is 5.58. The van der Waals surface area contributed by atoms with Crippen LogP contribution in [-0.4, -0.2) is 16.2 Å². The third kappa shape index (κ3) is 2.88. The van der Waals surface area contributed by atoms with Gasteiger partial charge in [0.15, 0.2) is 0 Å². The Kier molecular flexibility index (Phi) is 3.75. The molecule has 2 aromatic carbocycles. The number of aromatic nitrogens is 2. The Labute approximate surface area is 138 Å². The molecular weight excluding hydrogens is 304 g/mol. The second kappa shape index (κ2) is 6.20. The normalized spacial score (nSPS) is 11.2. The number of aryl methyl sites for hydroxylation is 1. The van der Waals surface area contributed by atoms with Gasteiger partial charge in [-0.25, -0.2) is 9.78 Å². The largest absolute Gasteiger partial charge is 0.493 e. The molecule has 0 saturated carbocycles. The van der Waals surface area contributed by atoms with Gasteiger partial charge in [0.05, 0.1) is 24.0 Å².